The third-order valence-corrected chi connectivity index (χ3v) is 8.51. The number of hydrogen-bond donors (Lipinski definition) is 1. The number of aryl methyl sites for hydroxylation is 2. The zero-order valence-corrected chi connectivity index (χ0v) is 20.5. The van der Waals surface area contributed by atoms with Gasteiger partial charge in [-0.1, -0.05) is 12.1 Å². The number of esters is 1. The summed E-state index contributed by atoms with van der Waals surface area (Å²) in [5.74, 6) is -0.604. The summed E-state index contributed by atoms with van der Waals surface area (Å²) in [6.45, 7) is 7.24. The van der Waals surface area contributed by atoms with Crippen LogP contribution in [0.25, 0.3) is 10.9 Å². The number of carbonyl (C=O) groups is 1. The zero-order chi connectivity index (χ0) is 23.7. The average molecular weight is 467 g/mol. The van der Waals surface area contributed by atoms with Crippen LogP contribution in [0.5, 0.6) is 0 Å². The van der Waals surface area contributed by atoms with Gasteiger partial charge >= 0.3 is 5.97 Å². The summed E-state index contributed by atoms with van der Waals surface area (Å²) in [4.78, 5) is 13.8. The van der Waals surface area contributed by atoms with Crippen LogP contribution in [-0.4, -0.2) is 30.6 Å². The van der Waals surface area contributed by atoms with Gasteiger partial charge in [0, 0.05) is 42.1 Å². The van der Waals surface area contributed by atoms with E-state index in [9.17, 15) is 13.2 Å². The standard InChI is InChI=1S/C26H30N2O4S/c1-15-7-6-8-17(13-15)33(30,31)21-12-11-19-23(24(21)25(29)32-26(2,3)4)22-18-10-9-16(27-18)14-20(22)28(19)5/h6-8,11-13,16,18,27H,9-10,14H2,1-5H3. The summed E-state index contributed by atoms with van der Waals surface area (Å²) in [6, 6.07) is 10.7. The molecule has 0 spiro atoms. The fourth-order valence-corrected chi connectivity index (χ4v) is 6.88. The van der Waals surface area contributed by atoms with E-state index in [1.54, 1.807) is 45.0 Å². The average Bonchev–Trinajstić information content (AvgIpc) is 3.25. The second kappa shape index (κ2) is 7.43. The highest BCUT2D eigenvalue weighted by atomic mass is 32.2. The Hall–Kier alpha value is -2.64. The fourth-order valence-electron chi connectivity index (χ4n) is 5.32. The number of benzene rings is 2. The van der Waals surface area contributed by atoms with Gasteiger partial charge in [-0.25, -0.2) is 13.2 Å². The van der Waals surface area contributed by atoms with Crippen LogP contribution in [0.2, 0.25) is 0 Å². The van der Waals surface area contributed by atoms with Gasteiger partial charge in [-0.3, -0.25) is 0 Å². The van der Waals surface area contributed by atoms with Crippen LogP contribution >= 0.6 is 0 Å². The van der Waals surface area contributed by atoms with Crippen LogP contribution in [0.1, 0.15) is 66.8 Å². The number of hydrogen-bond acceptors (Lipinski definition) is 5. The van der Waals surface area contributed by atoms with Crippen LogP contribution < -0.4 is 5.32 Å². The van der Waals surface area contributed by atoms with E-state index in [1.165, 1.54) is 5.69 Å². The SMILES string of the molecule is Cc1cccc(S(=O)(=O)c2ccc3c(c2C(=O)OC(C)(C)C)c2c(n3C)CC3CCC2N3)c1. The fraction of sp³-hybridized carbons (Fsp3) is 0.423. The van der Waals surface area contributed by atoms with Gasteiger partial charge in [0.1, 0.15) is 5.60 Å². The Balaban J connectivity index is 1.84. The molecule has 3 aromatic rings. The van der Waals surface area contributed by atoms with Crippen LogP contribution in [0.4, 0.5) is 0 Å². The van der Waals surface area contributed by atoms with Gasteiger partial charge in [-0.05, 0) is 75.9 Å². The number of rotatable bonds is 3. The molecule has 6 nitrogen and oxygen atoms in total. The molecule has 0 aliphatic carbocycles. The molecule has 1 saturated heterocycles. The minimum absolute atomic E-state index is 0.00312. The molecule has 0 saturated carbocycles. The Morgan fingerprint density at radius 1 is 1.15 bits per heavy atom. The van der Waals surface area contributed by atoms with Crippen molar-refractivity contribution in [1.82, 2.24) is 9.88 Å². The summed E-state index contributed by atoms with van der Waals surface area (Å²) in [7, 11) is -1.95. The van der Waals surface area contributed by atoms with Crippen molar-refractivity contribution in [2.24, 2.45) is 7.05 Å². The highest BCUT2D eigenvalue weighted by molar-refractivity contribution is 7.91. The predicted octanol–water partition coefficient (Wildman–Crippen LogP) is 4.62. The molecule has 2 aromatic carbocycles. The number of nitrogens with zero attached hydrogens (tertiary/aromatic N) is 1. The Morgan fingerprint density at radius 2 is 1.91 bits per heavy atom. The minimum atomic E-state index is -3.95. The van der Waals surface area contributed by atoms with Gasteiger partial charge in [0.05, 0.1) is 15.4 Å². The first-order valence-corrected chi connectivity index (χ1v) is 12.9. The van der Waals surface area contributed by atoms with E-state index < -0.39 is 21.4 Å². The molecule has 5 rings (SSSR count). The van der Waals surface area contributed by atoms with Crippen molar-refractivity contribution in [3.8, 4) is 0 Å². The lowest BCUT2D eigenvalue weighted by Gasteiger charge is -2.24. The van der Waals surface area contributed by atoms with Gasteiger partial charge < -0.3 is 14.6 Å². The second-order valence-corrected chi connectivity index (χ2v) is 12.2. The number of aromatic nitrogens is 1. The van der Waals surface area contributed by atoms with E-state index in [0.717, 1.165) is 35.9 Å². The lowest BCUT2D eigenvalue weighted by Crippen LogP contribution is -2.32. The van der Waals surface area contributed by atoms with E-state index in [-0.39, 0.29) is 21.4 Å². The Labute approximate surface area is 194 Å². The van der Waals surface area contributed by atoms with Gasteiger partial charge in [-0.15, -0.1) is 0 Å². The molecule has 33 heavy (non-hydrogen) atoms. The van der Waals surface area contributed by atoms with Crippen molar-refractivity contribution < 1.29 is 17.9 Å². The predicted molar refractivity (Wildman–Crippen MR) is 127 cm³/mol. The molecule has 2 aliphatic rings. The maximum Gasteiger partial charge on any atom is 0.340 e. The lowest BCUT2D eigenvalue weighted by atomic mass is 9.96. The molecule has 3 heterocycles. The molecule has 1 aromatic heterocycles. The van der Waals surface area contributed by atoms with Crippen molar-refractivity contribution >= 4 is 26.7 Å². The minimum Gasteiger partial charge on any atom is -0.456 e. The van der Waals surface area contributed by atoms with Crippen LogP contribution in [0.3, 0.4) is 0 Å². The zero-order valence-electron chi connectivity index (χ0n) is 19.7. The summed E-state index contributed by atoms with van der Waals surface area (Å²) in [5, 5.41) is 4.35. The maximum atomic E-state index is 13.8. The summed E-state index contributed by atoms with van der Waals surface area (Å²) >= 11 is 0. The molecule has 2 unspecified atom stereocenters. The highest BCUT2D eigenvalue weighted by Gasteiger charge is 2.39. The Morgan fingerprint density at radius 3 is 2.61 bits per heavy atom. The van der Waals surface area contributed by atoms with Crippen molar-refractivity contribution in [2.75, 3.05) is 0 Å². The van der Waals surface area contributed by atoms with Gasteiger partial charge in [0.2, 0.25) is 9.84 Å². The molecule has 2 bridgehead atoms. The van der Waals surface area contributed by atoms with E-state index >= 15 is 0 Å². The number of ether oxygens (including phenoxy) is 1. The van der Waals surface area contributed by atoms with Crippen molar-refractivity contribution in [1.29, 1.82) is 0 Å². The van der Waals surface area contributed by atoms with E-state index in [2.05, 4.69) is 9.88 Å². The first-order valence-electron chi connectivity index (χ1n) is 11.4. The molecule has 0 radical (unpaired) electrons. The van der Waals surface area contributed by atoms with E-state index in [4.69, 9.17) is 4.74 Å². The molecule has 7 heteroatoms. The van der Waals surface area contributed by atoms with Crippen molar-refractivity contribution in [3.05, 3.63) is 58.8 Å². The quantitative estimate of drug-likeness (QED) is 0.570. The smallest absolute Gasteiger partial charge is 0.340 e. The molecule has 0 amide bonds. The van der Waals surface area contributed by atoms with Crippen LogP contribution in [0, 0.1) is 6.92 Å². The third-order valence-electron chi connectivity index (χ3n) is 6.71. The number of fused-ring (bicyclic) bond motifs is 6. The molecular formula is C26H30N2O4S. The van der Waals surface area contributed by atoms with Gasteiger partial charge in [-0.2, -0.15) is 0 Å². The van der Waals surface area contributed by atoms with E-state index in [1.807, 2.05) is 26.1 Å². The first kappa shape index (κ1) is 22.2. The number of nitrogens with one attached hydrogen (secondary N) is 1. The molecule has 2 aliphatic heterocycles. The lowest BCUT2D eigenvalue weighted by molar-refractivity contribution is 0.00675. The Bertz CT molecular complexity index is 1400. The maximum absolute atomic E-state index is 13.8. The third kappa shape index (κ3) is 3.58. The Kier molecular flexibility index (Phi) is 4.99. The molecular weight excluding hydrogens is 436 g/mol. The van der Waals surface area contributed by atoms with Crippen molar-refractivity contribution in [2.45, 2.75) is 74.4 Å². The summed E-state index contributed by atoms with van der Waals surface area (Å²) < 4.78 is 35.5. The monoisotopic (exact) mass is 466 g/mol. The van der Waals surface area contributed by atoms with Gasteiger partial charge in [0.25, 0.3) is 0 Å². The highest BCUT2D eigenvalue weighted by Crippen LogP contribution is 2.44. The van der Waals surface area contributed by atoms with Crippen LogP contribution in [-0.2, 0) is 28.0 Å². The largest absolute Gasteiger partial charge is 0.456 e. The summed E-state index contributed by atoms with van der Waals surface area (Å²) in [6.07, 6.45) is 2.91. The number of sulfone groups is 1. The normalized spacial score (nSPS) is 20.2. The molecule has 2 atom stereocenters. The van der Waals surface area contributed by atoms with Crippen molar-refractivity contribution in [3.63, 3.8) is 0 Å². The van der Waals surface area contributed by atoms with Crippen LogP contribution in [0.15, 0.2) is 46.2 Å². The van der Waals surface area contributed by atoms with Gasteiger partial charge in [0.15, 0.2) is 0 Å². The molecule has 1 fully saturated rings. The second-order valence-electron chi connectivity index (χ2n) is 10.3. The molecule has 174 valence electrons. The first-order chi connectivity index (χ1) is 15.5. The topological polar surface area (TPSA) is 77.4 Å². The summed E-state index contributed by atoms with van der Waals surface area (Å²) in [5.41, 5.74) is 3.31. The molecule has 1 N–H and O–H groups in total. The van der Waals surface area contributed by atoms with E-state index in [0.29, 0.717) is 11.4 Å². The number of carbonyl (C=O) groups excluding carboxylic acids is 1.